The molecule has 2 heterocycles. The minimum absolute atomic E-state index is 0.325. The van der Waals surface area contributed by atoms with Gasteiger partial charge in [-0.3, -0.25) is 9.78 Å². The first kappa shape index (κ1) is 17.7. The van der Waals surface area contributed by atoms with Gasteiger partial charge in [-0.15, -0.1) is 0 Å². The van der Waals surface area contributed by atoms with Crippen LogP contribution < -0.4 is 5.32 Å². The van der Waals surface area contributed by atoms with Gasteiger partial charge in [0, 0.05) is 40.7 Å². The van der Waals surface area contributed by atoms with Crippen molar-refractivity contribution in [2.45, 2.75) is 12.5 Å². The number of rotatable bonds is 5. The number of aromatic amines is 1. The van der Waals surface area contributed by atoms with E-state index in [1.165, 1.54) is 7.11 Å². The Labute approximate surface area is 161 Å². The highest BCUT2D eigenvalue weighted by molar-refractivity contribution is 6.07. The summed E-state index contributed by atoms with van der Waals surface area (Å²) in [5.74, 6) is -0.828. The fourth-order valence-corrected chi connectivity index (χ4v) is 3.39. The molecule has 4 aromatic rings. The van der Waals surface area contributed by atoms with E-state index in [1.54, 1.807) is 24.4 Å². The molecule has 2 aromatic heterocycles. The number of ether oxygens (including phenoxy) is 1. The van der Waals surface area contributed by atoms with Crippen LogP contribution in [0.3, 0.4) is 0 Å². The number of esters is 1. The molecule has 2 N–H and O–H groups in total. The number of benzene rings is 2. The molecule has 2 aromatic carbocycles. The van der Waals surface area contributed by atoms with Gasteiger partial charge in [0.05, 0.1) is 12.6 Å². The van der Waals surface area contributed by atoms with Crippen molar-refractivity contribution < 1.29 is 14.3 Å². The van der Waals surface area contributed by atoms with Crippen LogP contribution in [0.25, 0.3) is 21.8 Å². The highest BCUT2D eigenvalue weighted by atomic mass is 16.5. The van der Waals surface area contributed by atoms with E-state index in [1.807, 2.05) is 42.6 Å². The number of fused-ring (bicyclic) bond motifs is 2. The van der Waals surface area contributed by atoms with Crippen LogP contribution in [-0.4, -0.2) is 35.0 Å². The average molecular weight is 373 g/mol. The zero-order valence-electron chi connectivity index (χ0n) is 15.3. The predicted octanol–water partition coefficient (Wildman–Crippen LogP) is 3.23. The number of para-hydroxylation sites is 1. The van der Waals surface area contributed by atoms with Crippen LogP contribution >= 0.6 is 0 Å². The third-order valence-corrected chi connectivity index (χ3v) is 4.78. The molecule has 1 amide bonds. The summed E-state index contributed by atoms with van der Waals surface area (Å²) in [5.41, 5.74) is 3.11. The Hall–Kier alpha value is -3.67. The smallest absolute Gasteiger partial charge is 0.328 e. The minimum atomic E-state index is -0.802. The molecule has 0 saturated carbocycles. The van der Waals surface area contributed by atoms with E-state index in [0.717, 1.165) is 27.4 Å². The average Bonchev–Trinajstić information content (AvgIpc) is 3.15. The Balaban J connectivity index is 1.63. The third-order valence-electron chi connectivity index (χ3n) is 4.78. The number of hydrogen-bond donors (Lipinski definition) is 2. The lowest BCUT2D eigenvalue weighted by Gasteiger charge is -2.17. The van der Waals surface area contributed by atoms with Crippen molar-refractivity contribution in [3.63, 3.8) is 0 Å². The third kappa shape index (κ3) is 3.32. The van der Waals surface area contributed by atoms with Crippen molar-refractivity contribution in [2.24, 2.45) is 0 Å². The maximum atomic E-state index is 12.9. The molecule has 1 atom stereocenters. The van der Waals surface area contributed by atoms with Crippen LogP contribution in [0.2, 0.25) is 0 Å². The van der Waals surface area contributed by atoms with Gasteiger partial charge in [-0.25, -0.2) is 4.79 Å². The molecular weight excluding hydrogens is 354 g/mol. The number of pyridine rings is 1. The van der Waals surface area contributed by atoms with Crippen LogP contribution in [0.5, 0.6) is 0 Å². The molecule has 0 bridgehead atoms. The molecule has 140 valence electrons. The van der Waals surface area contributed by atoms with Crippen LogP contribution in [-0.2, 0) is 16.0 Å². The van der Waals surface area contributed by atoms with Gasteiger partial charge in [0.25, 0.3) is 5.91 Å². The topological polar surface area (TPSA) is 84.1 Å². The van der Waals surface area contributed by atoms with Crippen LogP contribution in [0.15, 0.2) is 67.0 Å². The molecule has 28 heavy (non-hydrogen) atoms. The number of H-pyrrole nitrogens is 1. The fourth-order valence-electron chi connectivity index (χ4n) is 3.39. The van der Waals surface area contributed by atoms with Crippen molar-refractivity contribution in [1.82, 2.24) is 15.3 Å². The van der Waals surface area contributed by atoms with Gasteiger partial charge < -0.3 is 15.0 Å². The molecule has 4 rings (SSSR count). The van der Waals surface area contributed by atoms with Gasteiger partial charge in [0.15, 0.2) is 0 Å². The lowest BCUT2D eigenvalue weighted by Crippen LogP contribution is -2.43. The number of hydrogen-bond acceptors (Lipinski definition) is 4. The lowest BCUT2D eigenvalue weighted by atomic mass is 10.0. The summed E-state index contributed by atoms with van der Waals surface area (Å²) in [6.07, 6.45) is 3.86. The second-order valence-electron chi connectivity index (χ2n) is 6.49. The Bertz CT molecular complexity index is 1160. The molecule has 0 aliphatic rings. The maximum Gasteiger partial charge on any atom is 0.328 e. The summed E-state index contributed by atoms with van der Waals surface area (Å²) >= 11 is 0. The lowest BCUT2D eigenvalue weighted by molar-refractivity contribution is -0.142. The largest absolute Gasteiger partial charge is 0.467 e. The Kier molecular flexibility index (Phi) is 4.76. The summed E-state index contributed by atoms with van der Waals surface area (Å²) in [6.45, 7) is 0. The SMILES string of the molecule is COC(=O)[C@@H](Cc1c[nH]c2ccccc12)NC(=O)c1cccc2ncccc12. The van der Waals surface area contributed by atoms with Gasteiger partial charge >= 0.3 is 5.97 Å². The molecule has 0 aliphatic heterocycles. The molecule has 0 fully saturated rings. The van der Waals surface area contributed by atoms with E-state index in [9.17, 15) is 9.59 Å². The number of nitrogens with one attached hydrogen (secondary N) is 2. The number of methoxy groups -OCH3 is 1. The van der Waals surface area contributed by atoms with Gasteiger partial charge in [-0.2, -0.15) is 0 Å². The van der Waals surface area contributed by atoms with E-state index in [4.69, 9.17) is 4.74 Å². The fraction of sp³-hybridized carbons (Fsp3) is 0.136. The van der Waals surface area contributed by atoms with Crippen molar-refractivity contribution in [3.05, 3.63) is 78.1 Å². The van der Waals surface area contributed by atoms with E-state index in [-0.39, 0.29) is 5.91 Å². The Morgan fingerprint density at radius 3 is 2.75 bits per heavy atom. The number of amides is 1. The Morgan fingerprint density at radius 1 is 1.07 bits per heavy atom. The molecular formula is C22H19N3O3. The van der Waals surface area contributed by atoms with Crippen LogP contribution in [0.4, 0.5) is 0 Å². The molecule has 0 spiro atoms. The summed E-state index contributed by atoms with van der Waals surface area (Å²) in [6, 6.07) is 16.0. The monoisotopic (exact) mass is 373 g/mol. The van der Waals surface area contributed by atoms with Crippen molar-refractivity contribution in [2.75, 3.05) is 7.11 Å². The van der Waals surface area contributed by atoms with E-state index in [0.29, 0.717) is 12.0 Å². The van der Waals surface area contributed by atoms with E-state index < -0.39 is 12.0 Å². The molecule has 0 saturated heterocycles. The van der Waals surface area contributed by atoms with Crippen LogP contribution in [0, 0.1) is 0 Å². The van der Waals surface area contributed by atoms with Gasteiger partial charge in [0.2, 0.25) is 0 Å². The molecule has 0 unspecified atom stereocenters. The Morgan fingerprint density at radius 2 is 1.89 bits per heavy atom. The second-order valence-corrected chi connectivity index (χ2v) is 6.49. The summed E-state index contributed by atoms with van der Waals surface area (Å²) in [5, 5.41) is 4.57. The molecule has 6 heteroatoms. The molecule has 0 radical (unpaired) electrons. The summed E-state index contributed by atoms with van der Waals surface area (Å²) in [4.78, 5) is 32.7. The van der Waals surface area contributed by atoms with Gasteiger partial charge in [0.1, 0.15) is 6.04 Å². The van der Waals surface area contributed by atoms with Crippen molar-refractivity contribution >= 4 is 33.7 Å². The first-order valence-electron chi connectivity index (χ1n) is 8.95. The zero-order valence-corrected chi connectivity index (χ0v) is 15.3. The quantitative estimate of drug-likeness (QED) is 0.526. The number of carbonyl (C=O) groups is 2. The maximum absolute atomic E-state index is 12.9. The number of nitrogens with zero attached hydrogens (tertiary/aromatic N) is 1. The van der Waals surface area contributed by atoms with Crippen molar-refractivity contribution in [3.8, 4) is 0 Å². The highest BCUT2D eigenvalue weighted by Crippen LogP contribution is 2.20. The number of aromatic nitrogens is 2. The summed E-state index contributed by atoms with van der Waals surface area (Å²) in [7, 11) is 1.32. The summed E-state index contributed by atoms with van der Waals surface area (Å²) < 4.78 is 4.92. The van der Waals surface area contributed by atoms with E-state index in [2.05, 4.69) is 15.3 Å². The van der Waals surface area contributed by atoms with Gasteiger partial charge in [-0.05, 0) is 29.8 Å². The second kappa shape index (κ2) is 7.52. The standard InChI is InChI=1S/C22H19N3O3/c1-28-22(27)20(12-14-13-24-18-9-3-2-6-15(14)18)25-21(26)17-7-4-10-19-16(17)8-5-11-23-19/h2-11,13,20,24H,12H2,1H3,(H,25,26)/t20-/m1/s1. The minimum Gasteiger partial charge on any atom is -0.467 e. The predicted molar refractivity (Wildman–Crippen MR) is 107 cm³/mol. The normalized spacial score (nSPS) is 12.0. The first-order chi connectivity index (χ1) is 13.7. The molecule has 6 nitrogen and oxygen atoms in total. The molecule has 0 aliphatic carbocycles. The zero-order chi connectivity index (χ0) is 19.5. The van der Waals surface area contributed by atoms with Gasteiger partial charge in [-0.1, -0.05) is 30.3 Å². The first-order valence-corrected chi connectivity index (χ1v) is 8.95. The highest BCUT2D eigenvalue weighted by Gasteiger charge is 2.24. The van der Waals surface area contributed by atoms with E-state index >= 15 is 0 Å². The van der Waals surface area contributed by atoms with Crippen molar-refractivity contribution in [1.29, 1.82) is 0 Å². The van der Waals surface area contributed by atoms with Crippen LogP contribution in [0.1, 0.15) is 15.9 Å². The number of carbonyl (C=O) groups excluding carboxylic acids is 2.